The molecule has 1 aromatic heterocycles. The van der Waals surface area contributed by atoms with Crippen molar-refractivity contribution in [2.75, 3.05) is 12.4 Å². The van der Waals surface area contributed by atoms with Crippen molar-refractivity contribution in [1.29, 1.82) is 5.26 Å². The molecule has 1 rings (SSSR count). The molecule has 0 aliphatic heterocycles. The lowest BCUT2D eigenvalue weighted by molar-refractivity contribution is 0.267. The highest BCUT2D eigenvalue weighted by atomic mass is 35.5. The number of aliphatic hydroxyl groups is 1. The molecule has 0 aromatic carbocycles. The molecule has 0 bridgehead atoms. The SMILES string of the molecule is C/C=C(\C)Cl.CCc1c(SC/C=C/Cl)c(CC#N)nn1CCO. The number of aliphatic hydroxyl groups excluding tert-OH is 1. The van der Waals surface area contributed by atoms with Gasteiger partial charge in [-0.1, -0.05) is 42.3 Å². The van der Waals surface area contributed by atoms with Gasteiger partial charge in [0.05, 0.1) is 41.9 Å². The van der Waals surface area contributed by atoms with Crippen molar-refractivity contribution in [3.8, 4) is 6.07 Å². The molecule has 0 radical (unpaired) electrons. The summed E-state index contributed by atoms with van der Waals surface area (Å²) in [5.74, 6) is 0.750. The van der Waals surface area contributed by atoms with E-state index in [4.69, 9.17) is 33.6 Å². The zero-order valence-electron chi connectivity index (χ0n) is 13.7. The van der Waals surface area contributed by atoms with Gasteiger partial charge in [-0.05, 0) is 20.3 Å². The summed E-state index contributed by atoms with van der Waals surface area (Å²) in [5.41, 5.74) is 3.35. The maximum Gasteiger partial charge on any atom is 0.0903 e. The Hall–Kier alpha value is -0.930. The second kappa shape index (κ2) is 13.5. The summed E-state index contributed by atoms with van der Waals surface area (Å²) in [4.78, 5) is 1.04. The standard InChI is InChI=1S/C12H16ClN3OS.C4H7Cl/c1-2-11-12(18-9-3-5-13)10(4-6-14)15-16(11)7-8-17;1-3-4(2)5/h3,5,17H,2,4,7-9H2,1H3;3H,1-2H3/b5-3+;4-3+. The molecular weight excluding hydrogens is 353 g/mol. The molecular formula is C16H23Cl2N3OS. The van der Waals surface area contributed by atoms with Crippen LogP contribution < -0.4 is 0 Å². The first-order valence-electron chi connectivity index (χ1n) is 7.28. The maximum absolute atomic E-state index is 9.02. The summed E-state index contributed by atoms with van der Waals surface area (Å²) in [6.07, 6.45) is 4.82. The maximum atomic E-state index is 9.02. The van der Waals surface area contributed by atoms with Crippen LogP contribution in [-0.4, -0.2) is 27.2 Å². The van der Waals surface area contributed by atoms with Crippen LogP contribution in [-0.2, 0) is 19.4 Å². The number of rotatable bonds is 7. The van der Waals surface area contributed by atoms with E-state index in [1.165, 1.54) is 5.54 Å². The van der Waals surface area contributed by atoms with E-state index < -0.39 is 0 Å². The number of halogens is 2. The van der Waals surface area contributed by atoms with Crippen molar-refractivity contribution >= 4 is 35.0 Å². The van der Waals surface area contributed by atoms with Crippen LogP contribution in [0.5, 0.6) is 0 Å². The first-order chi connectivity index (χ1) is 11.0. The van der Waals surface area contributed by atoms with E-state index in [0.29, 0.717) is 13.0 Å². The van der Waals surface area contributed by atoms with Crippen LogP contribution in [0.3, 0.4) is 0 Å². The second-order valence-electron chi connectivity index (χ2n) is 4.41. The number of allylic oxidation sites excluding steroid dienone is 2. The van der Waals surface area contributed by atoms with Crippen LogP contribution >= 0.6 is 35.0 Å². The minimum Gasteiger partial charge on any atom is -0.394 e. The summed E-state index contributed by atoms with van der Waals surface area (Å²) in [7, 11) is 0. The Bertz CT molecular complexity index is 558. The van der Waals surface area contributed by atoms with E-state index in [1.807, 2.05) is 32.9 Å². The van der Waals surface area contributed by atoms with Crippen molar-refractivity contribution in [3.05, 3.63) is 34.1 Å². The highest BCUT2D eigenvalue weighted by molar-refractivity contribution is 7.99. The van der Waals surface area contributed by atoms with Crippen LogP contribution in [0.2, 0.25) is 0 Å². The zero-order valence-corrected chi connectivity index (χ0v) is 16.0. The third-order valence-electron chi connectivity index (χ3n) is 2.78. The van der Waals surface area contributed by atoms with Crippen molar-refractivity contribution in [2.24, 2.45) is 0 Å². The highest BCUT2D eigenvalue weighted by Crippen LogP contribution is 2.28. The van der Waals surface area contributed by atoms with Crippen LogP contribution in [0, 0.1) is 11.3 Å². The number of hydrogen-bond donors (Lipinski definition) is 1. The molecule has 0 spiro atoms. The molecule has 1 aromatic rings. The van der Waals surface area contributed by atoms with E-state index in [1.54, 1.807) is 16.4 Å². The van der Waals surface area contributed by atoms with Crippen LogP contribution in [0.25, 0.3) is 0 Å². The van der Waals surface area contributed by atoms with Gasteiger partial charge in [-0.15, -0.1) is 11.8 Å². The minimum absolute atomic E-state index is 0.0480. The minimum atomic E-state index is 0.0480. The third kappa shape index (κ3) is 8.47. The Morgan fingerprint density at radius 2 is 2.17 bits per heavy atom. The predicted octanol–water partition coefficient (Wildman–Crippen LogP) is 4.50. The second-order valence-corrected chi connectivity index (χ2v) is 6.28. The molecule has 0 saturated heterocycles. The first-order valence-corrected chi connectivity index (χ1v) is 9.08. The Morgan fingerprint density at radius 1 is 1.52 bits per heavy atom. The van der Waals surface area contributed by atoms with Gasteiger partial charge in [0.2, 0.25) is 0 Å². The summed E-state index contributed by atoms with van der Waals surface area (Å²) < 4.78 is 1.79. The molecule has 4 nitrogen and oxygen atoms in total. The predicted molar refractivity (Wildman–Crippen MR) is 99.0 cm³/mol. The van der Waals surface area contributed by atoms with E-state index in [2.05, 4.69) is 11.2 Å². The normalized spacial score (nSPS) is 11.3. The van der Waals surface area contributed by atoms with Crippen LogP contribution in [0.4, 0.5) is 0 Å². The van der Waals surface area contributed by atoms with E-state index in [9.17, 15) is 0 Å². The fourth-order valence-corrected chi connectivity index (χ4v) is 2.93. The fourth-order valence-electron chi connectivity index (χ4n) is 1.68. The largest absolute Gasteiger partial charge is 0.394 e. The Kier molecular flexibility index (Phi) is 13.0. The lowest BCUT2D eigenvalue weighted by Gasteiger charge is -2.05. The van der Waals surface area contributed by atoms with Gasteiger partial charge >= 0.3 is 0 Å². The van der Waals surface area contributed by atoms with E-state index in [0.717, 1.165) is 33.5 Å². The fraction of sp³-hybridized carbons (Fsp3) is 0.500. The molecule has 1 heterocycles. The smallest absolute Gasteiger partial charge is 0.0903 e. The monoisotopic (exact) mass is 375 g/mol. The molecule has 0 aliphatic carbocycles. The zero-order chi connectivity index (χ0) is 17.7. The van der Waals surface area contributed by atoms with E-state index >= 15 is 0 Å². The molecule has 128 valence electrons. The van der Waals surface area contributed by atoms with Crippen molar-refractivity contribution in [3.63, 3.8) is 0 Å². The molecule has 0 atom stereocenters. The van der Waals surface area contributed by atoms with Gasteiger partial charge in [-0.25, -0.2) is 0 Å². The molecule has 23 heavy (non-hydrogen) atoms. The molecule has 0 amide bonds. The first kappa shape index (κ1) is 22.1. The molecule has 0 fully saturated rings. The van der Waals surface area contributed by atoms with E-state index in [-0.39, 0.29) is 6.61 Å². The quantitative estimate of drug-likeness (QED) is 0.712. The molecule has 0 aliphatic rings. The van der Waals surface area contributed by atoms with Gasteiger partial charge in [-0.2, -0.15) is 10.4 Å². The van der Waals surface area contributed by atoms with Crippen LogP contribution in [0.1, 0.15) is 32.2 Å². The topological polar surface area (TPSA) is 61.8 Å². The van der Waals surface area contributed by atoms with Crippen molar-refractivity contribution < 1.29 is 5.11 Å². The summed E-state index contributed by atoms with van der Waals surface area (Å²) in [6.45, 7) is 6.31. The Morgan fingerprint density at radius 3 is 2.61 bits per heavy atom. The lowest BCUT2D eigenvalue weighted by Crippen LogP contribution is -2.07. The van der Waals surface area contributed by atoms with Gasteiger partial charge in [0.25, 0.3) is 0 Å². The van der Waals surface area contributed by atoms with Gasteiger partial charge in [0, 0.05) is 16.3 Å². The Balaban J connectivity index is 0.000000841. The molecule has 7 heteroatoms. The summed E-state index contributed by atoms with van der Waals surface area (Å²) in [5, 5.41) is 23.1. The number of thioether (sulfide) groups is 1. The van der Waals surface area contributed by atoms with Crippen LogP contribution in [0.15, 0.2) is 27.6 Å². The number of nitrogens with zero attached hydrogens (tertiary/aromatic N) is 3. The molecule has 1 N–H and O–H groups in total. The molecule has 0 unspecified atom stereocenters. The lowest BCUT2D eigenvalue weighted by atomic mass is 10.2. The van der Waals surface area contributed by atoms with Gasteiger partial charge in [0.1, 0.15) is 0 Å². The highest BCUT2D eigenvalue weighted by Gasteiger charge is 2.16. The summed E-state index contributed by atoms with van der Waals surface area (Å²) >= 11 is 12.4. The number of nitriles is 1. The Labute approximate surface area is 152 Å². The molecule has 0 saturated carbocycles. The average Bonchev–Trinajstić information content (AvgIpc) is 2.86. The van der Waals surface area contributed by atoms with Gasteiger partial charge in [0.15, 0.2) is 0 Å². The third-order valence-corrected chi connectivity index (χ3v) is 4.30. The van der Waals surface area contributed by atoms with Crippen molar-refractivity contribution in [2.45, 2.75) is 45.1 Å². The summed E-state index contributed by atoms with van der Waals surface area (Å²) in [6, 6.07) is 2.13. The van der Waals surface area contributed by atoms with Gasteiger partial charge in [-0.3, -0.25) is 4.68 Å². The van der Waals surface area contributed by atoms with Crippen molar-refractivity contribution in [1.82, 2.24) is 9.78 Å². The van der Waals surface area contributed by atoms with Gasteiger partial charge < -0.3 is 5.11 Å². The average molecular weight is 376 g/mol. The number of hydrogen-bond acceptors (Lipinski definition) is 4. The number of aromatic nitrogens is 2.